The first-order valence-corrected chi connectivity index (χ1v) is 7.53. The van der Waals surface area contributed by atoms with Gasteiger partial charge in [-0.2, -0.15) is 0 Å². The van der Waals surface area contributed by atoms with Gasteiger partial charge in [-0.3, -0.25) is 0 Å². The van der Waals surface area contributed by atoms with E-state index in [1.807, 2.05) is 0 Å². The summed E-state index contributed by atoms with van der Waals surface area (Å²) in [5.41, 5.74) is 3.74. The average Bonchev–Trinajstić information content (AvgIpc) is 2.83. The molecule has 0 amide bonds. The van der Waals surface area contributed by atoms with Crippen LogP contribution in [0.15, 0.2) is 24.3 Å². The normalized spacial score (nSPS) is 27.1. The van der Waals surface area contributed by atoms with Crippen molar-refractivity contribution in [2.75, 3.05) is 13.1 Å². The predicted molar refractivity (Wildman–Crippen MR) is 77.0 cm³/mol. The molecule has 2 unspecified atom stereocenters. The Morgan fingerprint density at radius 3 is 2.50 bits per heavy atom. The van der Waals surface area contributed by atoms with Crippen LogP contribution < -0.4 is 5.32 Å². The Kier molecular flexibility index (Phi) is 3.19. The molecule has 1 spiro atoms. The van der Waals surface area contributed by atoms with Crippen LogP contribution in [0.4, 0.5) is 0 Å². The lowest BCUT2D eigenvalue weighted by Gasteiger charge is -2.39. The van der Waals surface area contributed by atoms with Gasteiger partial charge in [-0.15, -0.1) is 0 Å². The molecule has 18 heavy (non-hydrogen) atoms. The van der Waals surface area contributed by atoms with E-state index in [9.17, 15) is 0 Å². The summed E-state index contributed by atoms with van der Waals surface area (Å²) in [6.07, 6.45) is 5.46. The van der Waals surface area contributed by atoms with Crippen molar-refractivity contribution in [1.29, 1.82) is 0 Å². The van der Waals surface area contributed by atoms with Crippen molar-refractivity contribution in [3.05, 3.63) is 35.4 Å². The van der Waals surface area contributed by atoms with Crippen molar-refractivity contribution in [2.24, 2.45) is 5.41 Å². The highest BCUT2D eigenvalue weighted by molar-refractivity contribution is 5.28. The van der Waals surface area contributed by atoms with E-state index < -0.39 is 0 Å². The van der Waals surface area contributed by atoms with Gasteiger partial charge in [-0.05, 0) is 54.1 Å². The zero-order valence-electron chi connectivity index (χ0n) is 11.7. The molecular weight excluding hydrogens is 218 g/mol. The molecular formula is C17H25N. The van der Waals surface area contributed by atoms with Crippen LogP contribution in [0, 0.1) is 5.41 Å². The molecule has 2 fully saturated rings. The standard InChI is InChI=1S/C17H25N/c1-3-13(2)14-4-6-15(7-5-14)16-8-9-17(10-16)11-18-12-17/h4-7,13,16,18H,3,8-12H2,1-2H3. The van der Waals surface area contributed by atoms with E-state index in [2.05, 4.69) is 43.4 Å². The average molecular weight is 243 g/mol. The predicted octanol–water partition coefficient (Wildman–Crippen LogP) is 4.06. The molecule has 1 N–H and O–H groups in total. The van der Waals surface area contributed by atoms with Crippen LogP contribution in [0.3, 0.4) is 0 Å². The molecule has 98 valence electrons. The van der Waals surface area contributed by atoms with Gasteiger partial charge in [0.2, 0.25) is 0 Å². The molecule has 1 saturated heterocycles. The largest absolute Gasteiger partial charge is 0.316 e. The highest BCUT2D eigenvalue weighted by atomic mass is 15.0. The fourth-order valence-electron chi connectivity index (χ4n) is 3.62. The van der Waals surface area contributed by atoms with Crippen molar-refractivity contribution < 1.29 is 0 Å². The zero-order chi connectivity index (χ0) is 12.6. The molecule has 0 aromatic heterocycles. The topological polar surface area (TPSA) is 12.0 Å². The van der Waals surface area contributed by atoms with E-state index in [-0.39, 0.29) is 0 Å². The van der Waals surface area contributed by atoms with E-state index >= 15 is 0 Å². The summed E-state index contributed by atoms with van der Waals surface area (Å²) in [5.74, 6) is 1.52. The maximum absolute atomic E-state index is 3.45. The minimum atomic E-state index is 0.667. The van der Waals surface area contributed by atoms with Gasteiger partial charge in [0.15, 0.2) is 0 Å². The van der Waals surface area contributed by atoms with Crippen LogP contribution in [0.25, 0.3) is 0 Å². The molecule has 2 aliphatic rings. The third-order valence-electron chi connectivity index (χ3n) is 5.29. The van der Waals surface area contributed by atoms with Gasteiger partial charge in [-0.1, -0.05) is 38.1 Å². The molecule has 1 aliphatic heterocycles. The Morgan fingerprint density at radius 1 is 1.28 bits per heavy atom. The molecule has 1 aliphatic carbocycles. The number of hydrogen-bond donors (Lipinski definition) is 1. The SMILES string of the molecule is CCC(C)c1ccc(C2CCC3(CNC3)C2)cc1. The summed E-state index contributed by atoms with van der Waals surface area (Å²) in [6.45, 7) is 7.10. The molecule has 1 aromatic rings. The van der Waals surface area contributed by atoms with Crippen molar-refractivity contribution in [1.82, 2.24) is 5.32 Å². The maximum Gasteiger partial charge on any atom is 0.00204 e. The summed E-state index contributed by atoms with van der Waals surface area (Å²) in [6, 6.07) is 9.48. The Balaban J connectivity index is 1.70. The van der Waals surface area contributed by atoms with E-state index in [4.69, 9.17) is 0 Å². The number of rotatable bonds is 3. The fourth-order valence-corrected chi connectivity index (χ4v) is 3.62. The van der Waals surface area contributed by atoms with Gasteiger partial charge in [0.05, 0.1) is 0 Å². The summed E-state index contributed by atoms with van der Waals surface area (Å²) in [4.78, 5) is 0. The van der Waals surface area contributed by atoms with Crippen molar-refractivity contribution >= 4 is 0 Å². The second-order valence-electron chi connectivity index (χ2n) is 6.52. The Hall–Kier alpha value is -0.820. The minimum Gasteiger partial charge on any atom is -0.316 e. The molecule has 1 heteroatoms. The minimum absolute atomic E-state index is 0.667. The second-order valence-corrected chi connectivity index (χ2v) is 6.52. The monoisotopic (exact) mass is 243 g/mol. The Bertz CT molecular complexity index is 402. The summed E-state index contributed by atoms with van der Waals surface area (Å²) >= 11 is 0. The summed E-state index contributed by atoms with van der Waals surface area (Å²) in [5, 5.41) is 3.45. The second kappa shape index (κ2) is 4.70. The molecule has 2 atom stereocenters. The van der Waals surface area contributed by atoms with Crippen LogP contribution in [0.5, 0.6) is 0 Å². The number of benzene rings is 1. The first-order valence-electron chi connectivity index (χ1n) is 7.53. The molecule has 1 heterocycles. The van der Waals surface area contributed by atoms with Crippen LogP contribution in [0.2, 0.25) is 0 Å². The Morgan fingerprint density at radius 2 is 2.00 bits per heavy atom. The summed E-state index contributed by atoms with van der Waals surface area (Å²) in [7, 11) is 0. The molecule has 0 radical (unpaired) electrons. The molecule has 3 rings (SSSR count). The zero-order valence-corrected chi connectivity index (χ0v) is 11.7. The lowest BCUT2D eigenvalue weighted by atomic mass is 9.79. The number of nitrogens with one attached hydrogen (secondary N) is 1. The molecule has 1 nitrogen and oxygen atoms in total. The van der Waals surface area contributed by atoms with Crippen molar-refractivity contribution in [2.45, 2.75) is 51.4 Å². The lowest BCUT2D eigenvalue weighted by molar-refractivity contribution is 0.175. The van der Waals surface area contributed by atoms with Crippen molar-refractivity contribution in [3.8, 4) is 0 Å². The van der Waals surface area contributed by atoms with Crippen LogP contribution >= 0.6 is 0 Å². The van der Waals surface area contributed by atoms with E-state index in [1.165, 1.54) is 44.3 Å². The van der Waals surface area contributed by atoms with E-state index in [0.717, 1.165) is 5.92 Å². The molecule has 1 aromatic carbocycles. The van der Waals surface area contributed by atoms with Crippen LogP contribution in [0.1, 0.15) is 62.5 Å². The van der Waals surface area contributed by atoms with Crippen molar-refractivity contribution in [3.63, 3.8) is 0 Å². The van der Waals surface area contributed by atoms with Crippen LogP contribution in [-0.4, -0.2) is 13.1 Å². The lowest BCUT2D eigenvalue weighted by Crippen LogP contribution is -2.51. The highest BCUT2D eigenvalue weighted by Crippen LogP contribution is 2.48. The van der Waals surface area contributed by atoms with Gasteiger partial charge in [0.1, 0.15) is 0 Å². The third kappa shape index (κ3) is 2.09. The quantitative estimate of drug-likeness (QED) is 0.844. The van der Waals surface area contributed by atoms with Gasteiger partial charge >= 0.3 is 0 Å². The summed E-state index contributed by atoms with van der Waals surface area (Å²) < 4.78 is 0. The smallest absolute Gasteiger partial charge is 0.00204 e. The first-order chi connectivity index (χ1) is 8.72. The molecule has 0 bridgehead atoms. The van der Waals surface area contributed by atoms with Gasteiger partial charge in [0.25, 0.3) is 0 Å². The van der Waals surface area contributed by atoms with Gasteiger partial charge < -0.3 is 5.32 Å². The fraction of sp³-hybridized carbons (Fsp3) is 0.647. The van der Waals surface area contributed by atoms with E-state index in [0.29, 0.717) is 11.3 Å². The maximum atomic E-state index is 3.45. The third-order valence-corrected chi connectivity index (χ3v) is 5.29. The van der Waals surface area contributed by atoms with Gasteiger partial charge in [0, 0.05) is 13.1 Å². The van der Waals surface area contributed by atoms with E-state index in [1.54, 1.807) is 5.56 Å². The first kappa shape index (κ1) is 12.2. The highest BCUT2D eigenvalue weighted by Gasteiger charge is 2.43. The van der Waals surface area contributed by atoms with Gasteiger partial charge in [-0.25, -0.2) is 0 Å². The van der Waals surface area contributed by atoms with Crippen LogP contribution in [-0.2, 0) is 0 Å². The Labute approximate surface area is 111 Å². The molecule has 1 saturated carbocycles. The number of hydrogen-bond acceptors (Lipinski definition) is 1.